The predicted octanol–water partition coefficient (Wildman–Crippen LogP) is 3.65. The lowest BCUT2D eigenvalue weighted by Gasteiger charge is -2.41. The first kappa shape index (κ1) is 23.4. The molecule has 1 amide bonds. The van der Waals surface area contributed by atoms with Crippen LogP contribution >= 0.6 is 0 Å². The fourth-order valence-corrected chi connectivity index (χ4v) is 6.27. The maximum absolute atomic E-state index is 13.6. The highest BCUT2D eigenvalue weighted by Crippen LogP contribution is 2.69. The molecule has 1 saturated carbocycles. The van der Waals surface area contributed by atoms with E-state index in [4.69, 9.17) is 9.47 Å². The number of carbonyl (C=O) groups excluding carboxylic acids is 1. The van der Waals surface area contributed by atoms with E-state index in [0.29, 0.717) is 22.6 Å². The number of aryl methyl sites for hydroxylation is 2. The van der Waals surface area contributed by atoms with Gasteiger partial charge in [0, 0.05) is 25.6 Å². The Labute approximate surface area is 205 Å². The van der Waals surface area contributed by atoms with E-state index in [2.05, 4.69) is 0 Å². The molecule has 0 aromatic heterocycles. The van der Waals surface area contributed by atoms with Crippen LogP contribution in [0.2, 0.25) is 0 Å². The van der Waals surface area contributed by atoms with Crippen LogP contribution in [0, 0.1) is 19.8 Å². The van der Waals surface area contributed by atoms with Gasteiger partial charge in [0.2, 0.25) is 5.91 Å². The summed E-state index contributed by atoms with van der Waals surface area (Å²) >= 11 is 0. The molecule has 0 unspecified atom stereocenters. The first-order valence-electron chi connectivity index (χ1n) is 11.8. The molecule has 5 rings (SSSR count). The Morgan fingerprint density at radius 1 is 1.03 bits per heavy atom. The van der Waals surface area contributed by atoms with E-state index in [1.165, 1.54) is 4.90 Å². The number of fused-ring (bicyclic) bond motifs is 3. The molecule has 182 valence electrons. The molecule has 0 bridgehead atoms. The molecule has 2 N–H and O–H groups in total. The third-order valence-corrected chi connectivity index (χ3v) is 7.63. The third kappa shape index (κ3) is 3.06. The molecule has 35 heavy (non-hydrogen) atoms. The lowest BCUT2D eigenvalue weighted by Crippen LogP contribution is -2.52. The number of rotatable bonds is 4. The van der Waals surface area contributed by atoms with Gasteiger partial charge in [-0.05, 0) is 54.3 Å². The van der Waals surface area contributed by atoms with Crippen molar-refractivity contribution in [3.8, 4) is 11.5 Å². The van der Waals surface area contributed by atoms with Crippen molar-refractivity contribution in [2.45, 2.75) is 37.1 Å². The van der Waals surface area contributed by atoms with Gasteiger partial charge in [-0.15, -0.1) is 0 Å². The van der Waals surface area contributed by atoms with Crippen molar-refractivity contribution < 1.29 is 24.5 Å². The van der Waals surface area contributed by atoms with E-state index in [0.717, 1.165) is 16.7 Å². The zero-order chi connectivity index (χ0) is 25.1. The van der Waals surface area contributed by atoms with E-state index in [-0.39, 0.29) is 5.91 Å². The van der Waals surface area contributed by atoms with Crippen LogP contribution in [0.3, 0.4) is 0 Å². The summed E-state index contributed by atoms with van der Waals surface area (Å²) in [5.74, 6) is -0.687. The van der Waals surface area contributed by atoms with Crippen LogP contribution in [0.15, 0.2) is 66.7 Å². The standard InChI is InChI=1S/C29H31NO5/c1-17-15-18(2)24-22(16-17)35-29(20-11-13-21(34-5)14-12-20)25(19-9-7-6-8-10-19)23(27(32)30(3)4)26(31)28(24,29)33/h6-16,23,25-26,31,33H,1-5H3/t23-,25-,26-,28+,29+/m0/s1. The van der Waals surface area contributed by atoms with Crippen molar-refractivity contribution in [1.82, 2.24) is 4.90 Å². The molecule has 3 aromatic carbocycles. The zero-order valence-electron chi connectivity index (χ0n) is 20.6. The SMILES string of the molecule is COc1ccc([C@]23Oc4cc(C)cc(C)c4[C@@]2(O)[C@@H](O)[C@@H](C(=O)N(C)C)[C@@H]3c2ccccc2)cc1. The third-order valence-electron chi connectivity index (χ3n) is 7.63. The molecule has 1 aliphatic carbocycles. The lowest BCUT2D eigenvalue weighted by molar-refractivity contribution is -0.156. The smallest absolute Gasteiger partial charge is 0.228 e. The fourth-order valence-electron chi connectivity index (χ4n) is 6.27. The number of ether oxygens (including phenoxy) is 2. The second-order valence-corrected chi connectivity index (χ2v) is 9.88. The number of nitrogens with zero attached hydrogens (tertiary/aromatic N) is 1. The molecule has 3 aromatic rings. The molecular weight excluding hydrogens is 442 g/mol. The molecule has 6 heteroatoms. The highest BCUT2D eigenvalue weighted by Gasteiger charge is 2.77. The Morgan fingerprint density at radius 2 is 1.69 bits per heavy atom. The van der Waals surface area contributed by atoms with Gasteiger partial charge in [0.1, 0.15) is 17.6 Å². The van der Waals surface area contributed by atoms with E-state index in [9.17, 15) is 15.0 Å². The van der Waals surface area contributed by atoms with Gasteiger partial charge in [0.15, 0.2) is 11.2 Å². The van der Waals surface area contributed by atoms with E-state index in [1.54, 1.807) is 21.2 Å². The van der Waals surface area contributed by atoms with Crippen LogP contribution < -0.4 is 9.47 Å². The molecule has 5 atom stereocenters. The first-order valence-corrected chi connectivity index (χ1v) is 11.8. The van der Waals surface area contributed by atoms with E-state index < -0.39 is 29.1 Å². The van der Waals surface area contributed by atoms with Crippen molar-refractivity contribution >= 4 is 5.91 Å². The molecule has 1 fully saturated rings. The molecule has 2 aliphatic rings. The van der Waals surface area contributed by atoms with Crippen molar-refractivity contribution in [3.05, 3.63) is 94.5 Å². The van der Waals surface area contributed by atoms with Gasteiger partial charge in [-0.25, -0.2) is 0 Å². The Morgan fingerprint density at radius 3 is 2.29 bits per heavy atom. The average Bonchev–Trinajstić information content (AvgIpc) is 3.21. The minimum Gasteiger partial charge on any atom is -0.497 e. The average molecular weight is 474 g/mol. The number of amides is 1. The largest absolute Gasteiger partial charge is 0.497 e. The van der Waals surface area contributed by atoms with Gasteiger partial charge in [-0.2, -0.15) is 0 Å². The van der Waals surface area contributed by atoms with Gasteiger partial charge >= 0.3 is 0 Å². The number of methoxy groups -OCH3 is 1. The summed E-state index contributed by atoms with van der Waals surface area (Å²) in [4.78, 5) is 15.1. The van der Waals surface area contributed by atoms with E-state index >= 15 is 0 Å². The zero-order valence-corrected chi connectivity index (χ0v) is 20.6. The van der Waals surface area contributed by atoms with Crippen LogP contribution in [0.1, 0.15) is 33.7 Å². The quantitative estimate of drug-likeness (QED) is 0.605. The highest BCUT2D eigenvalue weighted by molar-refractivity contribution is 5.82. The first-order chi connectivity index (χ1) is 16.7. The molecule has 0 radical (unpaired) electrons. The van der Waals surface area contributed by atoms with Crippen molar-refractivity contribution in [3.63, 3.8) is 0 Å². The minimum atomic E-state index is -1.87. The molecule has 6 nitrogen and oxygen atoms in total. The number of hydrogen-bond donors (Lipinski definition) is 2. The summed E-state index contributed by atoms with van der Waals surface area (Å²) in [6.07, 6.45) is -1.41. The number of aliphatic hydroxyl groups is 2. The van der Waals surface area contributed by atoms with Gasteiger partial charge < -0.3 is 24.6 Å². The normalized spacial score (nSPS) is 28.7. The number of aliphatic hydroxyl groups excluding tert-OH is 1. The van der Waals surface area contributed by atoms with Crippen LogP contribution in [-0.4, -0.2) is 48.3 Å². The summed E-state index contributed by atoms with van der Waals surface area (Å²) in [7, 11) is 4.92. The van der Waals surface area contributed by atoms with Crippen LogP contribution in [0.5, 0.6) is 11.5 Å². The van der Waals surface area contributed by atoms with Gasteiger partial charge in [0.05, 0.1) is 13.0 Å². The summed E-state index contributed by atoms with van der Waals surface area (Å²) in [5, 5.41) is 24.6. The van der Waals surface area contributed by atoms with Gasteiger partial charge in [-0.3, -0.25) is 4.79 Å². The topological polar surface area (TPSA) is 79.2 Å². The molecule has 1 aliphatic heterocycles. The lowest BCUT2D eigenvalue weighted by atomic mass is 9.70. The molecule has 0 spiro atoms. The maximum atomic E-state index is 13.6. The Bertz CT molecular complexity index is 1270. The van der Waals surface area contributed by atoms with Crippen molar-refractivity contribution in [2.24, 2.45) is 5.92 Å². The van der Waals surface area contributed by atoms with Crippen molar-refractivity contribution in [2.75, 3.05) is 21.2 Å². The highest BCUT2D eigenvalue weighted by atomic mass is 16.5. The predicted molar refractivity (Wildman–Crippen MR) is 132 cm³/mol. The number of benzene rings is 3. The van der Waals surface area contributed by atoms with Crippen LogP contribution in [-0.2, 0) is 16.0 Å². The van der Waals surface area contributed by atoms with E-state index in [1.807, 2.05) is 80.6 Å². The fraction of sp³-hybridized carbons (Fsp3) is 0.345. The summed E-state index contributed by atoms with van der Waals surface area (Å²) in [6, 6.07) is 20.7. The maximum Gasteiger partial charge on any atom is 0.228 e. The Balaban J connectivity index is 1.88. The monoisotopic (exact) mass is 473 g/mol. The summed E-state index contributed by atoms with van der Waals surface area (Å²) in [5.41, 5.74) is 0.476. The van der Waals surface area contributed by atoms with Crippen LogP contribution in [0.4, 0.5) is 0 Å². The summed E-state index contributed by atoms with van der Waals surface area (Å²) < 4.78 is 12.2. The molecule has 0 saturated heterocycles. The number of hydrogen-bond acceptors (Lipinski definition) is 5. The summed E-state index contributed by atoms with van der Waals surface area (Å²) in [6.45, 7) is 3.88. The minimum absolute atomic E-state index is 0.267. The van der Waals surface area contributed by atoms with Gasteiger partial charge in [0.25, 0.3) is 0 Å². The Hall–Kier alpha value is -3.35. The van der Waals surface area contributed by atoms with Crippen molar-refractivity contribution in [1.29, 1.82) is 0 Å². The molecule has 1 heterocycles. The molecular formula is C29H31NO5. The number of carbonyl (C=O) groups is 1. The second kappa shape index (κ2) is 8.11. The van der Waals surface area contributed by atoms with Crippen LogP contribution in [0.25, 0.3) is 0 Å². The van der Waals surface area contributed by atoms with Gasteiger partial charge in [-0.1, -0.05) is 48.5 Å². The Kier molecular flexibility index (Phi) is 5.42. The second-order valence-electron chi connectivity index (χ2n) is 9.88.